The summed E-state index contributed by atoms with van der Waals surface area (Å²) in [5.41, 5.74) is -3.71. The molecular formula is C51H68O22Si. The number of phenols is 1. The van der Waals surface area contributed by atoms with Gasteiger partial charge in [-0.25, -0.2) is 4.79 Å². The number of epoxide rings is 1. The van der Waals surface area contributed by atoms with Crippen LogP contribution in [-0.2, 0) is 75.6 Å². The van der Waals surface area contributed by atoms with E-state index in [0.29, 0.717) is 16.5 Å². The molecule has 12 unspecified atom stereocenters. The fourth-order valence-corrected chi connectivity index (χ4v) is 13.7. The number of Topliss-reactive ketones (excluding diaryl/α,β-unsaturated/α-hetero) is 1. The van der Waals surface area contributed by atoms with Gasteiger partial charge in [0, 0.05) is 63.8 Å². The highest BCUT2D eigenvalue weighted by atomic mass is 28.4. The number of esters is 2. The van der Waals surface area contributed by atoms with Crippen molar-refractivity contribution in [1.29, 1.82) is 0 Å². The third-order valence-electron chi connectivity index (χ3n) is 16.9. The van der Waals surface area contributed by atoms with Crippen LogP contribution in [0.5, 0.6) is 17.2 Å². The number of benzene rings is 2. The number of aliphatic hydroxyl groups is 1. The van der Waals surface area contributed by atoms with E-state index < -0.39 is 140 Å². The van der Waals surface area contributed by atoms with E-state index in [1.54, 1.807) is 26.8 Å². The summed E-state index contributed by atoms with van der Waals surface area (Å²) in [5, 5.41) is 24.8. The predicted octanol–water partition coefficient (Wildman–Crippen LogP) is 5.73. The second-order valence-electron chi connectivity index (χ2n) is 22.5. The second-order valence-corrected chi connectivity index (χ2v) is 27.3. The maximum absolute atomic E-state index is 15.3. The zero-order valence-electron chi connectivity index (χ0n) is 44.4. The van der Waals surface area contributed by atoms with Crippen LogP contribution in [0.25, 0.3) is 10.8 Å². The van der Waals surface area contributed by atoms with Crippen LogP contribution in [0.2, 0.25) is 18.1 Å². The summed E-state index contributed by atoms with van der Waals surface area (Å²) in [6, 6.07) is 1.79. The Balaban J connectivity index is 1.14. The van der Waals surface area contributed by atoms with Crippen molar-refractivity contribution in [2.75, 3.05) is 27.9 Å². The highest BCUT2D eigenvalue weighted by molar-refractivity contribution is 6.74. The first-order chi connectivity index (χ1) is 34.6. The second kappa shape index (κ2) is 17.6. The molecule has 0 aromatic heterocycles. The average Bonchev–Trinajstić information content (AvgIpc) is 3.87. The van der Waals surface area contributed by atoms with Crippen molar-refractivity contribution in [2.45, 2.75) is 209 Å². The van der Waals surface area contributed by atoms with Gasteiger partial charge in [0.25, 0.3) is 11.6 Å². The van der Waals surface area contributed by atoms with Gasteiger partial charge in [0.15, 0.2) is 45.0 Å². The molecule has 2 bridgehead atoms. The largest absolute Gasteiger partial charge is 0.509 e. The van der Waals surface area contributed by atoms with Crippen molar-refractivity contribution in [1.82, 2.24) is 0 Å². The van der Waals surface area contributed by atoms with Crippen molar-refractivity contribution in [3.63, 3.8) is 0 Å². The molecule has 2 spiro atoms. The number of rotatable bonds is 12. The number of aryl methyl sites for hydroxylation is 1. The third kappa shape index (κ3) is 7.49. The normalized spacial score (nSPS) is 39.9. The first-order valence-corrected chi connectivity index (χ1v) is 27.9. The molecule has 0 saturated carbocycles. The van der Waals surface area contributed by atoms with E-state index in [1.807, 2.05) is 40.8 Å². The minimum absolute atomic E-state index is 0.0165. The van der Waals surface area contributed by atoms with Gasteiger partial charge in [-0.05, 0) is 64.4 Å². The molecule has 7 aliphatic heterocycles. The van der Waals surface area contributed by atoms with Crippen molar-refractivity contribution < 1.29 is 105 Å². The third-order valence-corrected chi connectivity index (χ3v) is 21.3. The van der Waals surface area contributed by atoms with Gasteiger partial charge in [-0.1, -0.05) is 20.8 Å². The van der Waals surface area contributed by atoms with Crippen molar-refractivity contribution in [3.05, 3.63) is 28.3 Å². The summed E-state index contributed by atoms with van der Waals surface area (Å²) < 4.78 is 102. The van der Waals surface area contributed by atoms with Crippen LogP contribution in [0.4, 0.5) is 4.79 Å². The lowest BCUT2D eigenvalue weighted by molar-refractivity contribution is -0.387. The molecule has 23 heteroatoms. The molecule has 6 fully saturated rings. The maximum Gasteiger partial charge on any atom is 0.509 e. The molecule has 16 atom stereocenters. The lowest BCUT2D eigenvalue weighted by Gasteiger charge is -2.52. The summed E-state index contributed by atoms with van der Waals surface area (Å²) >= 11 is 0. The fourth-order valence-electron chi connectivity index (χ4n) is 12.5. The van der Waals surface area contributed by atoms with Crippen LogP contribution in [0.15, 0.2) is 6.07 Å². The zero-order valence-corrected chi connectivity index (χ0v) is 45.4. The van der Waals surface area contributed by atoms with Crippen molar-refractivity contribution in [2.24, 2.45) is 0 Å². The molecule has 0 amide bonds. The number of carbonyl (C=O) groups excluding carboxylic acids is 4. The van der Waals surface area contributed by atoms with E-state index in [0.717, 1.165) is 0 Å². The van der Waals surface area contributed by atoms with Gasteiger partial charge in [0.1, 0.15) is 47.3 Å². The Kier molecular flexibility index (Phi) is 12.7. The molecule has 6 saturated heterocycles. The van der Waals surface area contributed by atoms with Gasteiger partial charge in [0.05, 0.1) is 36.9 Å². The number of hydrogen-bond donors (Lipinski definition) is 2. The minimum Gasteiger partial charge on any atom is -0.506 e. The van der Waals surface area contributed by atoms with Crippen molar-refractivity contribution >= 4 is 43.0 Å². The number of aromatic hydroxyl groups is 1. The number of ketones is 1. The number of ether oxygens (including phenoxy) is 15. The molecule has 8 aliphatic rings. The Morgan fingerprint density at radius 1 is 0.905 bits per heavy atom. The molecule has 74 heavy (non-hydrogen) atoms. The molecular weight excluding hydrogens is 993 g/mol. The number of methoxy groups -OCH3 is 3. The van der Waals surface area contributed by atoms with E-state index in [9.17, 15) is 24.6 Å². The van der Waals surface area contributed by atoms with Gasteiger partial charge in [-0.3, -0.25) is 14.4 Å². The summed E-state index contributed by atoms with van der Waals surface area (Å²) in [5.74, 6) is -5.91. The van der Waals surface area contributed by atoms with Crippen LogP contribution in [0.1, 0.15) is 121 Å². The van der Waals surface area contributed by atoms with Gasteiger partial charge in [-0.15, -0.1) is 0 Å². The smallest absolute Gasteiger partial charge is 0.506 e. The Morgan fingerprint density at radius 3 is 2.15 bits per heavy atom. The quantitative estimate of drug-likeness (QED) is 0.0845. The van der Waals surface area contributed by atoms with E-state index in [2.05, 4.69) is 0 Å². The van der Waals surface area contributed by atoms with Crippen LogP contribution < -0.4 is 9.47 Å². The zero-order chi connectivity index (χ0) is 53.8. The number of phenolic OH excluding ortho intramolecular Hbond substituents is 1. The Morgan fingerprint density at radius 2 is 1.58 bits per heavy atom. The molecule has 7 heterocycles. The standard InChI is InChI=1S/C51H68O22Si/c1-21-16-27-34(38(55)36-35(39(27)58-11)28(17-29(37(36)54)73-74(14,15)46(7,8)9)67-32-19-47(10,57)42(22(2)62-32)66-26(6)53)40-33(21)41-43-50(69-40,48(20-61-48)51(70-41,71-43)44(59-12)60-13)68-31-18-30(65-25(5)52)49(23(3)63-31)24(4)64-45(56)72-49/h16,22-24,28-32,41-44,55,57H,17-20H2,1-15H3/t22?,23?,24-,28+,29?,30?,31?,32?,41?,42?,43?,47?,48+,49?,50-,51?/m1/s1. The Bertz CT molecular complexity index is 2660. The molecule has 2 aromatic carbocycles. The van der Waals surface area contributed by atoms with E-state index >= 15 is 4.79 Å². The Hall–Kier alpha value is -4.24. The predicted molar refractivity (Wildman–Crippen MR) is 254 cm³/mol. The SMILES string of the molecule is COc1c2c(c(O)c3c4c(c(C)cc13)C1OC3(C(OC)OC)OC1[C@@](OC1CC(OC(C)=O)C5(OC(=O)O[C@@H]5C)C(C)O1)(O4)[C@@]31CO1)C(=O)C(O[Si](C)(C)C(C)(C)C)C[C@@H]2OC1CC(C)(O)C(OC(C)=O)C(C)O1. The van der Waals surface area contributed by atoms with Crippen LogP contribution in [-0.4, -0.2) is 160 Å². The van der Waals surface area contributed by atoms with Gasteiger partial charge in [0.2, 0.25) is 17.5 Å². The Labute approximate surface area is 429 Å². The number of carbonyl (C=O) groups is 4. The maximum atomic E-state index is 15.3. The molecule has 1 aliphatic carbocycles. The first-order valence-electron chi connectivity index (χ1n) is 25.0. The number of cyclic esters (lactones) is 1. The van der Waals surface area contributed by atoms with Crippen LogP contribution >= 0.6 is 0 Å². The van der Waals surface area contributed by atoms with Gasteiger partial charge >= 0.3 is 18.1 Å². The monoisotopic (exact) mass is 1060 g/mol. The lowest BCUT2D eigenvalue weighted by atomic mass is 9.77. The van der Waals surface area contributed by atoms with Gasteiger partial charge < -0.3 is 85.7 Å². The summed E-state index contributed by atoms with van der Waals surface area (Å²) in [4.78, 5) is 52.8. The van der Waals surface area contributed by atoms with Gasteiger partial charge in [-0.2, -0.15) is 0 Å². The highest BCUT2D eigenvalue weighted by Crippen LogP contribution is 2.73. The molecule has 0 radical (unpaired) electrons. The molecule has 2 aromatic rings. The summed E-state index contributed by atoms with van der Waals surface area (Å²) in [7, 11) is 1.55. The minimum atomic E-state index is -2.73. The van der Waals surface area contributed by atoms with Crippen LogP contribution in [0.3, 0.4) is 0 Å². The van der Waals surface area contributed by atoms with E-state index in [1.165, 1.54) is 42.1 Å². The molecule has 408 valence electrons. The van der Waals surface area contributed by atoms with E-state index in [4.69, 9.17) is 75.5 Å². The number of fused-ring (bicyclic) bond motifs is 8. The summed E-state index contributed by atoms with van der Waals surface area (Å²) in [6.07, 6.45) is -14.1. The summed E-state index contributed by atoms with van der Waals surface area (Å²) in [6.45, 7) is 20.9. The number of hydrogen-bond acceptors (Lipinski definition) is 22. The fraction of sp³-hybridized carbons (Fsp3) is 0.725. The lowest BCUT2D eigenvalue weighted by Crippen LogP contribution is -2.72. The van der Waals surface area contributed by atoms with Crippen molar-refractivity contribution in [3.8, 4) is 17.2 Å². The van der Waals surface area contributed by atoms with Crippen LogP contribution in [0, 0.1) is 6.92 Å². The molecule has 22 nitrogen and oxygen atoms in total. The highest BCUT2D eigenvalue weighted by Gasteiger charge is 2.94. The first kappa shape index (κ1) is 53.2. The molecule has 2 N–H and O–H groups in total. The molecule has 10 rings (SSSR count). The average molecular weight is 1060 g/mol. The topological polar surface area (TPSA) is 260 Å². The van der Waals surface area contributed by atoms with E-state index in [-0.39, 0.29) is 58.9 Å².